The molecule has 0 amide bonds. The molecule has 12 rings (SSSR count). The van der Waals surface area contributed by atoms with Crippen molar-refractivity contribution in [3.05, 3.63) is 234 Å². The molecule has 3 aliphatic rings. The van der Waals surface area contributed by atoms with Gasteiger partial charge in [0.05, 0.1) is 27.8 Å². The van der Waals surface area contributed by atoms with Gasteiger partial charge >= 0.3 is 0 Å². The third-order valence-electron chi connectivity index (χ3n) is 12.7. The molecule has 0 bridgehead atoms. The lowest BCUT2D eigenvalue weighted by Crippen LogP contribution is -2.48. The van der Waals surface area contributed by atoms with E-state index >= 15 is 0 Å². The van der Waals surface area contributed by atoms with Gasteiger partial charge in [0, 0.05) is 16.5 Å². The summed E-state index contributed by atoms with van der Waals surface area (Å²) in [5, 5.41) is 6.32. The molecule has 0 fully saturated rings. The number of nitrogens with zero attached hydrogens (tertiary/aromatic N) is 4. The maximum absolute atomic E-state index is 5.61. The van der Waals surface area contributed by atoms with E-state index in [-0.39, 0.29) is 12.3 Å². The zero-order chi connectivity index (χ0) is 38.4. The Morgan fingerprint density at radius 2 is 1.05 bits per heavy atom. The summed E-state index contributed by atoms with van der Waals surface area (Å²) < 4.78 is 2.39. The van der Waals surface area contributed by atoms with E-state index in [0.29, 0.717) is 0 Å². The first-order valence-electron chi connectivity index (χ1n) is 20.1. The number of hydrogen-bond acceptors (Lipinski definition) is 4. The molecule has 1 spiro atoms. The van der Waals surface area contributed by atoms with Crippen LogP contribution in [0, 0.1) is 0 Å². The van der Waals surface area contributed by atoms with E-state index in [0.717, 1.165) is 28.2 Å². The summed E-state index contributed by atoms with van der Waals surface area (Å²) in [4.78, 5) is 10.4. The molecule has 58 heavy (non-hydrogen) atoms. The van der Waals surface area contributed by atoms with Gasteiger partial charge in [-0.2, -0.15) is 0 Å². The molecule has 5 nitrogen and oxygen atoms in total. The van der Waals surface area contributed by atoms with Crippen LogP contribution in [0.3, 0.4) is 0 Å². The SMILES string of the molecule is CN1C(c2ccccc2)N=C(n2c3ccccc3c3cc4c(cc32)C2(c3ccccc3-c3ccccc32)c2ccccc2N4c2ccccc2)NC1c1ccccc1. The number of nitrogens with one attached hydrogen (secondary N) is 1. The molecule has 2 aliphatic heterocycles. The van der Waals surface area contributed by atoms with Crippen LogP contribution in [0.15, 0.2) is 205 Å². The Morgan fingerprint density at radius 1 is 0.483 bits per heavy atom. The Labute approximate surface area is 337 Å². The molecular weight excluding hydrogens is 707 g/mol. The van der Waals surface area contributed by atoms with E-state index in [1.54, 1.807) is 0 Å². The molecule has 3 heterocycles. The molecule has 0 saturated heterocycles. The van der Waals surface area contributed by atoms with E-state index in [9.17, 15) is 0 Å². The predicted octanol–water partition coefficient (Wildman–Crippen LogP) is 12.1. The van der Waals surface area contributed by atoms with E-state index in [2.05, 4.69) is 227 Å². The highest BCUT2D eigenvalue weighted by molar-refractivity contribution is 6.16. The average molecular weight is 746 g/mol. The zero-order valence-electron chi connectivity index (χ0n) is 32.0. The van der Waals surface area contributed by atoms with Crippen molar-refractivity contribution in [2.75, 3.05) is 11.9 Å². The summed E-state index contributed by atoms with van der Waals surface area (Å²) in [5.74, 6) is 0.823. The summed E-state index contributed by atoms with van der Waals surface area (Å²) >= 11 is 0. The van der Waals surface area contributed by atoms with Gasteiger partial charge in [0.1, 0.15) is 12.3 Å². The summed E-state index contributed by atoms with van der Waals surface area (Å²) in [7, 11) is 2.17. The molecule has 8 aromatic carbocycles. The highest BCUT2D eigenvalue weighted by atomic mass is 15.4. The van der Waals surface area contributed by atoms with Crippen LogP contribution in [-0.2, 0) is 5.41 Å². The fraction of sp³-hybridized carbons (Fsp3) is 0.0755. The van der Waals surface area contributed by atoms with Crippen molar-refractivity contribution >= 4 is 44.8 Å². The van der Waals surface area contributed by atoms with Crippen molar-refractivity contribution in [3.8, 4) is 11.1 Å². The van der Waals surface area contributed by atoms with Crippen molar-refractivity contribution in [2.45, 2.75) is 17.7 Å². The third kappa shape index (κ3) is 4.53. The summed E-state index contributed by atoms with van der Waals surface area (Å²) in [5.41, 5.74) is 15.2. The van der Waals surface area contributed by atoms with Gasteiger partial charge in [-0.3, -0.25) is 9.47 Å². The lowest BCUT2D eigenvalue weighted by Gasteiger charge is -2.45. The molecule has 5 heteroatoms. The normalized spacial score (nSPS) is 17.7. The molecule has 0 radical (unpaired) electrons. The highest BCUT2D eigenvalue weighted by Crippen LogP contribution is 2.64. The van der Waals surface area contributed by atoms with Crippen LogP contribution in [0.5, 0.6) is 0 Å². The lowest BCUT2D eigenvalue weighted by molar-refractivity contribution is 0.150. The number of para-hydroxylation sites is 3. The quantitative estimate of drug-likeness (QED) is 0.196. The van der Waals surface area contributed by atoms with Gasteiger partial charge in [-0.1, -0.05) is 164 Å². The second kappa shape index (κ2) is 12.7. The van der Waals surface area contributed by atoms with Gasteiger partial charge in [0.2, 0.25) is 5.96 Å². The largest absolute Gasteiger partial charge is 0.336 e. The Bertz CT molecular complexity index is 3030. The Kier molecular flexibility index (Phi) is 7.19. The molecule has 2 unspecified atom stereocenters. The third-order valence-corrected chi connectivity index (χ3v) is 12.7. The van der Waals surface area contributed by atoms with E-state index in [1.165, 1.54) is 61.1 Å². The van der Waals surface area contributed by atoms with Crippen molar-refractivity contribution in [1.82, 2.24) is 14.8 Å². The Morgan fingerprint density at radius 3 is 1.76 bits per heavy atom. The smallest absolute Gasteiger partial charge is 0.206 e. The molecule has 276 valence electrons. The van der Waals surface area contributed by atoms with Gasteiger partial charge in [-0.05, 0) is 88.0 Å². The van der Waals surface area contributed by atoms with Crippen LogP contribution in [0.1, 0.15) is 45.7 Å². The average Bonchev–Trinajstić information content (AvgIpc) is 3.77. The molecule has 9 aromatic rings. The van der Waals surface area contributed by atoms with Crippen molar-refractivity contribution in [2.24, 2.45) is 4.99 Å². The Balaban J connectivity index is 1.21. The van der Waals surface area contributed by atoms with E-state index in [4.69, 9.17) is 4.99 Å². The van der Waals surface area contributed by atoms with Gasteiger partial charge < -0.3 is 10.2 Å². The molecule has 2 atom stereocenters. The minimum absolute atomic E-state index is 0.117. The first kappa shape index (κ1) is 33.0. The van der Waals surface area contributed by atoms with Crippen LogP contribution in [0.2, 0.25) is 0 Å². The first-order chi connectivity index (χ1) is 28.7. The Hall–Kier alpha value is -7.21. The van der Waals surface area contributed by atoms with Crippen LogP contribution in [-0.4, -0.2) is 22.5 Å². The van der Waals surface area contributed by atoms with Crippen LogP contribution < -0.4 is 10.2 Å². The topological polar surface area (TPSA) is 35.8 Å². The van der Waals surface area contributed by atoms with Gasteiger partial charge in [-0.15, -0.1) is 0 Å². The van der Waals surface area contributed by atoms with Crippen molar-refractivity contribution in [1.29, 1.82) is 0 Å². The van der Waals surface area contributed by atoms with Gasteiger partial charge in [0.15, 0.2) is 0 Å². The van der Waals surface area contributed by atoms with Crippen LogP contribution in [0.4, 0.5) is 17.1 Å². The molecule has 1 N–H and O–H groups in total. The second-order valence-corrected chi connectivity index (χ2v) is 15.6. The fourth-order valence-corrected chi connectivity index (χ4v) is 10.3. The molecular formula is C53H39N5. The number of aromatic nitrogens is 1. The standard InChI is InChI=1S/C53H39N5/c1-56-50(35-19-5-2-6-20-35)54-52(55-51(56)36-21-7-3-8-22-36)58-46-31-17-13-27-40(46)41-33-49-45(34-48(41)58)53(42-28-14-11-25-38(42)39-26-12-15-29-43(39)53)44-30-16-18-32-47(44)57(49)37-23-9-4-10-24-37/h2-34,50-51H,1H3,(H,54,55). The summed E-state index contributed by atoms with van der Waals surface area (Å²) in [6.07, 6.45) is -0.329. The maximum atomic E-state index is 5.61. The number of benzene rings is 8. The van der Waals surface area contributed by atoms with E-state index < -0.39 is 5.41 Å². The summed E-state index contributed by atoms with van der Waals surface area (Å²) in [6.45, 7) is 0. The molecule has 1 aromatic heterocycles. The monoisotopic (exact) mass is 745 g/mol. The van der Waals surface area contributed by atoms with Crippen LogP contribution >= 0.6 is 0 Å². The minimum Gasteiger partial charge on any atom is -0.336 e. The first-order valence-corrected chi connectivity index (χ1v) is 20.1. The number of aliphatic imine (C=N–C) groups is 1. The van der Waals surface area contributed by atoms with Gasteiger partial charge in [0.25, 0.3) is 0 Å². The summed E-state index contributed by atoms with van der Waals surface area (Å²) in [6, 6.07) is 73.1. The minimum atomic E-state index is -0.568. The number of hydrogen-bond donors (Lipinski definition) is 1. The van der Waals surface area contributed by atoms with E-state index in [1.807, 2.05) is 0 Å². The molecule has 1 aliphatic carbocycles. The number of fused-ring (bicyclic) bond motifs is 12. The van der Waals surface area contributed by atoms with Crippen molar-refractivity contribution < 1.29 is 0 Å². The van der Waals surface area contributed by atoms with Crippen molar-refractivity contribution in [3.63, 3.8) is 0 Å². The number of anilines is 3. The van der Waals surface area contributed by atoms with Crippen LogP contribution in [0.25, 0.3) is 32.9 Å². The lowest BCUT2D eigenvalue weighted by atomic mass is 9.64. The molecule has 0 saturated carbocycles. The maximum Gasteiger partial charge on any atom is 0.206 e. The zero-order valence-corrected chi connectivity index (χ0v) is 32.0. The second-order valence-electron chi connectivity index (χ2n) is 15.6. The number of rotatable bonds is 3. The fourth-order valence-electron chi connectivity index (χ4n) is 10.3. The van der Waals surface area contributed by atoms with Gasteiger partial charge in [-0.25, -0.2) is 4.99 Å². The predicted molar refractivity (Wildman–Crippen MR) is 237 cm³/mol. The highest BCUT2D eigenvalue weighted by Gasteiger charge is 2.52.